The Balaban J connectivity index is 3.39. The van der Waals surface area contributed by atoms with Gasteiger partial charge in [-0.1, -0.05) is 44.0 Å². The van der Waals surface area contributed by atoms with Crippen molar-refractivity contribution in [3.63, 3.8) is 0 Å². The molecule has 2 N–H and O–H groups in total. The van der Waals surface area contributed by atoms with Crippen LogP contribution in [0.15, 0.2) is 18.2 Å². The molecule has 3 amide bonds. The molecule has 0 spiro atoms. The zero-order valence-corrected chi connectivity index (χ0v) is 22.9. The average molecular weight is 494 g/mol. The van der Waals surface area contributed by atoms with Crippen LogP contribution in [0, 0.1) is 13.8 Å². The minimum atomic E-state index is -0.932. The Labute approximate surface area is 210 Å². The molecule has 0 aliphatic heterocycles. The van der Waals surface area contributed by atoms with Crippen molar-refractivity contribution in [2.45, 2.75) is 98.4 Å². The molecule has 0 heterocycles. The summed E-state index contributed by atoms with van der Waals surface area (Å²) in [5, 5.41) is 5.71. The molecule has 7 nitrogen and oxygen atoms in total. The maximum atomic E-state index is 13.7. The third-order valence-corrected chi connectivity index (χ3v) is 5.67. The first-order valence-corrected chi connectivity index (χ1v) is 12.8. The van der Waals surface area contributed by atoms with E-state index in [4.69, 9.17) is 4.74 Å². The molecule has 34 heavy (non-hydrogen) atoms. The summed E-state index contributed by atoms with van der Waals surface area (Å²) in [6.07, 6.45) is 1.73. The highest BCUT2D eigenvalue weighted by Crippen LogP contribution is 2.27. The summed E-state index contributed by atoms with van der Waals surface area (Å²) in [7, 11) is 0. The number of nitrogens with zero attached hydrogens (tertiary/aromatic N) is 1. The number of nitrogens with one attached hydrogen (secondary N) is 2. The number of alkyl carbamates (subject to hydrolysis) is 1. The largest absolute Gasteiger partial charge is 0.444 e. The van der Waals surface area contributed by atoms with Gasteiger partial charge in [0.25, 0.3) is 0 Å². The zero-order valence-electron chi connectivity index (χ0n) is 22.0. The monoisotopic (exact) mass is 493 g/mol. The van der Waals surface area contributed by atoms with Gasteiger partial charge in [-0.25, -0.2) is 4.79 Å². The van der Waals surface area contributed by atoms with Gasteiger partial charge in [0.05, 0.1) is 0 Å². The highest BCUT2D eigenvalue weighted by Gasteiger charge is 2.36. The molecule has 192 valence electrons. The van der Waals surface area contributed by atoms with Gasteiger partial charge in [-0.15, -0.1) is 0 Å². The molecule has 0 bridgehead atoms. The molecular formula is C26H43N3O4S. The van der Waals surface area contributed by atoms with Crippen molar-refractivity contribution < 1.29 is 19.1 Å². The average Bonchev–Trinajstić information content (AvgIpc) is 2.71. The van der Waals surface area contributed by atoms with Gasteiger partial charge in [0.15, 0.2) is 0 Å². The van der Waals surface area contributed by atoms with Crippen molar-refractivity contribution in [1.29, 1.82) is 0 Å². The minimum absolute atomic E-state index is 0.0232. The van der Waals surface area contributed by atoms with Crippen LogP contribution >= 0.6 is 12.6 Å². The Hall–Kier alpha value is -2.22. The maximum absolute atomic E-state index is 13.7. The Kier molecular flexibility index (Phi) is 11.9. The van der Waals surface area contributed by atoms with E-state index < -0.39 is 23.8 Å². The van der Waals surface area contributed by atoms with E-state index in [0.29, 0.717) is 13.0 Å². The fourth-order valence-corrected chi connectivity index (χ4v) is 4.10. The van der Waals surface area contributed by atoms with Crippen LogP contribution < -0.4 is 10.6 Å². The zero-order chi connectivity index (χ0) is 26.1. The first-order valence-electron chi connectivity index (χ1n) is 12.1. The molecule has 3 atom stereocenters. The number of aryl methyl sites for hydroxylation is 2. The molecule has 0 aliphatic rings. The number of hydrogen-bond acceptors (Lipinski definition) is 5. The van der Waals surface area contributed by atoms with Crippen molar-refractivity contribution in [3.8, 4) is 0 Å². The van der Waals surface area contributed by atoms with Crippen molar-refractivity contribution in [1.82, 2.24) is 15.5 Å². The predicted octanol–water partition coefficient (Wildman–Crippen LogP) is 4.71. The lowest BCUT2D eigenvalue weighted by atomic mass is 9.96. The van der Waals surface area contributed by atoms with E-state index in [1.807, 2.05) is 45.9 Å². The summed E-state index contributed by atoms with van der Waals surface area (Å²) in [6, 6.07) is 4.09. The number of hydrogen-bond donors (Lipinski definition) is 3. The Morgan fingerprint density at radius 3 is 2.24 bits per heavy atom. The lowest BCUT2D eigenvalue weighted by Crippen LogP contribution is -2.54. The fourth-order valence-electron chi connectivity index (χ4n) is 3.85. The van der Waals surface area contributed by atoms with Gasteiger partial charge in [0.2, 0.25) is 11.8 Å². The molecule has 1 aromatic rings. The third-order valence-electron chi connectivity index (χ3n) is 5.31. The van der Waals surface area contributed by atoms with Crippen molar-refractivity contribution in [2.75, 3.05) is 12.3 Å². The second-order valence-corrected chi connectivity index (χ2v) is 10.2. The van der Waals surface area contributed by atoms with Crippen molar-refractivity contribution in [3.05, 3.63) is 34.9 Å². The van der Waals surface area contributed by atoms with E-state index in [0.717, 1.165) is 29.5 Å². The van der Waals surface area contributed by atoms with Crippen LogP contribution in [0.1, 0.15) is 83.5 Å². The van der Waals surface area contributed by atoms with Gasteiger partial charge < -0.3 is 20.3 Å². The van der Waals surface area contributed by atoms with E-state index in [9.17, 15) is 14.4 Å². The second kappa shape index (κ2) is 13.6. The normalized spacial score (nSPS) is 14.0. The minimum Gasteiger partial charge on any atom is -0.444 e. The van der Waals surface area contributed by atoms with Crippen LogP contribution in [-0.4, -0.2) is 52.8 Å². The predicted molar refractivity (Wildman–Crippen MR) is 140 cm³/mol. The number of ether oxygens (including phenoxy) is 1. The summed E-state index contributed by atoms with van der Waals surface area (Å²) < 4.78 is 5.33. The molecule has 3 unspecified atom stereocenters. The van der Waals surface area contributed by atoms with E-state index in [-0.39, 0.29) is 23.6 Å². The number of thiol groups is 1. The van der Waals surface area contributed by atoms with Gasteiger partial charge in [0, 0.05) is 18.3 Å². The fraction of sp³-hybridized carbons (Fsp3) is 0.654. The molecule has 0 aromatic heterocycles. The van der Waals surface area contributed by atoms with Gasteiger partial charge in [-0.2, -0.15) is 12.6 Å². The molecule has 0 saturated heterocycles. The number of amides is 3. The number of benzene rings is 1. The summed E-state index contributed by atoms with van der Waals surface area (Å²) in [6.45, 7) is 15.5. The third kappa shape index (κ3) is 9.20. The molecule has 0 fully saturated rings. The number of carbonyl (C=O) groups is 3. The molecular weight excluding hydrogens is 450 g/mol. The lowest BCUT2D eigenvalue weighted by molar-refractivity contribution is -0.142. The van der Waals surface area contributed by atoms with Crippen LogP contribution in [0.25, 0.3) is 0 Å². The summed E-state index contributed by atoms with van der Waals surface area (Å²) in [5.74, 6) is -0.526. The van der Waals surface area contributed by atoms with Crippen molar-refractivity contribution >= 4 is 30.5 Å². The second-order valence-electron chi connectivity index (χ2n) is 9.87. The van der Waals surface area contributed by atoms with E-state index in [1.165, 1.54) is 0 Å². The molecule has 0 saturated carbocycles. The lowest BCUT2D eigenvalue weighted by Gasteiger charge is -2.35. The van der Waals surface area contributed by atoms with E-state index in [2.05, 4.69) is 30.2 Å². The maximum Gasteiger partial charge on any atom is 0.408 e. The Morgan fingerprint density at radius 2 is 1.74 bits per heavy atom. The standard InChI is InChI=1S/C26H43N3O4S/c1-9-11-19(5)27-23(30)22(20-13-12-17(3)15-18(20)4)29(14-10-2)24(31)21(16-34)28-25(32)33-26(6,7)8/h12-13,15,19,21-22,34H,9-11,14,16H2,1-8H3,(H,27,30)(H,28,32). The highest BCUT2D eigenvalue weighted by molar-refractivity contribution is 7.80. The summed E-state index contributed by atoms with van der Waals surface area (Å²) in [4.78, 5) is 41.2. The first-order chi connectivity index (χ1) is 15.8. The van der Waals surface area contributed by atoms with Gasteiger partial charge in [-0.05, 0) is 65.5 Å². The first kappa shape index (κ1) is 29.8. The van der Waals surface area contributed by atoms with Crippen LogP contribution in [0.5, 0.6) is 0 Å². The Morgan fingerprint density at radius 1 is 1.09 bits per heavy atom. The number of rotatable bonds is 11. The molecule has 1 aromatic carbocycles. The van der Waals surface area contributed by atoms with Gasteiger partial charge in [-0.3, -0.25) is 9.59 Å². The molecule has 8 heteroatoms. The SMILES string of the molecule is CCCC(C)NC(=O)C(c1ccc(C)cc1C)N(CCC)C(=O)C(CS)NC(=O)OC(C)(C)C. The summed E-state index contributed by atoms with van der Waals surface area (Å²) in [5.41, 5.74) is 2.07. The topological polar surface area (TPSA) is 87.7 Å². The summed E-state index contributed by atoms with van der Waals surface area (Å²) >= 11 is 4.31. The smallest absolute Gasteiger partial charge is 0.408 e. The molecule has 1 rings (SSSR count). The van der Waals surface area contributed by atoms with Crippen molar-refractivity contribution in [2.24, 2.45) is 0 Å². The molecule has 0 radical (unpaired) electrons. The van der Waals surface area contributed by atoms with Crippen LogP contribution in [-0.2, 0) is 14.3 Å². The Bertz CT molecular complexity index is 838. The van der Waals surface area contributed by atoms with E-state index in [1.54, 1.807) is 25.7 Å². The van der Waals surface area contributed by atoms with Gasteiger partial charge in [0.1, 0.15) is 17.7 Å². The van der Waals surface area contributed by atoms with Crippen LogP contribution in [0.2, 0.25) is 0 Å². The number of carbonyl (C=O) groups excluding carboxylic acids is 3. The van der Waals surface area contributed by atoms with Crippen LogP contribution in [0.4, 0.5) is 4.79 Å². The van der Waals surface area contributed by atoms with Gasteiger partial charge >= 0.3 is 6.09 Å². The van der Waals surface area contributed by atoms with Crippen LogP contribution in [0.3, 0.4) is 0 Å². The van der Waals surface area contributed by atoms with E-state index >= 15 is 0 Å². The quantitative estimate of drug-likeness (QED) is 0.390. The molecule has 0 aliphatic carbocycles. The highest BCUT2D eigenvalue weighted by atomic mass is 32.1.